The molecule has 1 aromatic rings. The Kier molecular flexibility index (Phi) is 4.65. The topological polar surface area (TPSA) is 29.1 Å². The lowest BCUT2D eigenvalue weighted by atomic mass is 10.1. The fourth-order valence-electron chi connectivity index (χ4n) is 2.81. The maximum atomic E-state index is 12.2. The van der Waals surface area contributed by atoms with E-state index in [1.54, 1.807) is 11.8 Å². The lowest BCUT2D eigenvalue weighted by molar-refractivity contribution is -0.119. The molecule has 1 aromatic carbocycles. The number of benzene rings is 1. The molecule has 2 nitrogen and oxygen atoms in total. The fraction of sp³-hybridized carbons (Fsp3) is 0.588. The molecule has 1 amide bonds. The van der Waals surface area contributed by atoms with Gasteiger partial charge in [0.05, 0.1) is 5.75 Å². The van der Waals surface area contributed by atoms with Gasteiger partial charge in [-0.15, -0.1) is 11.8 Å². The molecular formula is C17H22BrNOS. The number of thioether (sulfide) groups is 1. The van der Waals surface area contributed by atoms with E-state index in [0.717, 1.165) is 16.3 Å². The van der Waals surface area contributed by atoms with Crippen molar-refractivity contribution >= 4 is 33.6 Å². The summed E-state index contributed by atoms with van der Waals surface area (Å²) in [4.78, 5) is 13.4. The van der Waals surface area contributed by atoms with Crippen LogP contribution in [0.4, 0.5) is 0 Å². The third kappa shape index (κ3) is 4.04. The van der Waals surface area contributed by atoms with Gasteiger partial charge in [-0.25, -0.2) is 0 Å². The summed E-state index contributed by atoms with van der Waals surface area (Å²) in [5.41, 5.74) is 2.45. The number of aryl methyl sites for hydroxylation is 2. The Balaban J connectivity index is 1.54. The lowest BCUT2D eigenvalue weighted by Crippen LogP contribution is -2.39. The molecule has 1 N–H and O–H groups in total. The van der Waals surface area contributed by atoms with Crippen molar-refractivity contribution in [3.05, 3.63) is 27.7 Å². The first-order chi connectivity index (χ1) is 10.0. The molecule has 0 aliphatic heterocycles. The second-order valence-electron chi connectivity index (χ2n) is 6.42. The fourth-order valence-corrected chi connectivity index (χ4v) is 4.19. The van der Waals surface area contributed by atoms with Crippen LogP contribution in [0, 0.1) is 25.7 Å². The Morgan fingerprint density at radius 3 is 2.43 bits per heavy atom. The summed E-state index contributed by atoms with van der Waals surface area (Å²) in [7, 11) is 0. The Labute approximate surface area is 139 Å². The Morgan fingerprint density at radius 1 is 1.24 bits per heavy atom. The van der Waals surface area contributed by atoms with Crippen molar-refractivity contribution in [2.45, 2.75) is 50.5 Å². The zero-order valence-corrected chi connectivity index (χ0v) is 15.0. The Bertz CT molecular complexity index is 540. The lowest BCUT2D eigenvalue weighted by Gasteiger charge is -2.17. The van der Waals surface area contributed by atoms with Crippen LogP contribution in [-0.4, -0.2) is 17.7 Å². The van der Waals surface area contributed by atoms with Crippen LogP contribution < -0.4 is 5.32 Å². The SMILES string of the molecule is Cc1cc(SCC(=O)NC(C2CC2)C2CC2)c(C)cc1Br. The predicted molar refractivity (Wildman–Crippen MR) is 91.7 cm³/mol. The minimum atomic E-state index is 0.198. The van der Waals surface area contributed by atoms with E-state index in [4.69, 9.17) is 0 Å². The molecule has 21 heavy (non-hydrogen) atoms. The Hall–Kier alpha value is -0.480. The quantitative estimate of drug-likeness (QED) is 0.751. The molecule has 0 unspecified atom stereocenters. The van der Waals surface area contributed by atoms with E-state index in [1.165, 1.54) is 41.7 Å². The summed E-state index contributed by atoms with van der Waals surface area (Å²) in [6.45, 7) is 4.19. The van der Waals surface area contributed by atoms with Gasteiger partial charge >= 0.3 is 0 Å². The molecule has 2 fully saturated rings. The second kappa shape index (κ2) is 6.33. The summed E-state index contributed by atoms with van der Waals surface area (Å²) in [5.74, 6) is 2.26. The molecule has 0 bridgehead atoms. The van der Waals surface area contributed by atoms with Crippen LogP contribution in [0.2, 0.25) is 0 Å². The van der Waals surface area contributed by atoms with E-state index >= 15 is 0 Å². The van der Waals surface area contributed by atoms with E-state index in [-0.39, 0.29) is 5.91 Å². The molecule has 2 saturated carbocycles. The van der Waals surface area contributed by atoms with Gasteiger partial charge in [0.2, 0.25) is 5.91 Å². The van der Waals surface area contributed by atoms with Crippen LogP contribution in [0.15, 0.2) is 21.5 Å². The normalized spacial score (nSPS) is 18.1. The third-order valence-electron chi connectivity index (χ3n) is 4.40. The number of hydrogen-bond acceptors (Lipinski definition) is 2. The van der Waals surface area contributed by atoms with Crippen LogP contribution in [0.3, 0.4) is 0 Å². The summed E-state index contributed by atoms with van der Waals surface area (Å²) >= 11 is 5.20. The average molecular weight is 368 g/mol. The molecule has 0 radical (unpaired) electrons. The van der Waals surface area contributed by atoms with Crippen LogP contribution in [0.1, 0.15) is 36.8 Å². The summed E-state index contributed by atoms with van der Waals surface area (Å²) in [6, 6.07) is 4.76. The van der Waals surface area contributed by atoms with Gasteiger partial charge in [-0.05, 0) is 74.6 Å². The predicted octanol–water partition coefficient (Wildman–Crippen LogP) is 4.46. The zero-order valence-electron chi connectivity index (χ0n) is 12.6. The zero-order chi connectivity index (χ0) is 15.0. The van der Waals surface area contributed by atoms with Gasteiger partial charge in [-0.1, -0.05) is 15.9 Å². The maximum Gasteiger partial charge on any atom is 0.230 e. The minimum absolute atomic E-state index is 0.198. The van der Waals surface area contributed by atoms with Gasteiger partial charge in [0.1, 0.15) is 0 Å². The smallest absolute Gasteiger partial charge is 0.230 e. The molecule has 0 saturated heterocycles. The first kappa shape index (κ1) is 15.4. The highest BCUT2D eigenvalue weighted by molar-refractivity contribution is 9.10. The maximum absolute atomic E-state index is 12.2. The van der Waals surface area contributed by atoms with Crippen molar-refractivity contribution in [1.29, 1.82) is 0 Å². The highest BCUT2D eigenvalue weighted by atomic mass is 79.9. The Morgan fingerprint density at radius 2 is 1.86 bits per heavy atom. The van der Waals surface area contributed by atoms with E-state index in [0.29, 0.717) is 11.8 Å². The highest BCUT2D eigenvalue weighted by Crippen LogP contribution is 2.44. The second-order valence-corrected chi connectivity index (χ2v) is 8.30. The van der Waals surface area contributed by atoms with Gasteiger partial charge in [0.25, 0.3) is 0 Å². The van der Waals surface area contributed by atoms with Gasteiger partial charge in [-0.2, -0.15) is 0 Å². The van der Waals surface area contributed by atoms with Crippen LogP contribution in [0.25, 0.3) is 0 Å². The highest BCUT2D eigenvalue weighted by Gasteiger charge is 2.42. The third-order valence-corrected chi connectivity index (χ3v) is 6.41. The standard InChI is InChI=1S/C17H22BrNOS/c1-10-8-15(11(2)7-14(10)18)21-9-16(20)19-17(12-3-4-12)13-5-6-13/h7-8,12-13,17H,3-6,9H2,1-2H3,(H,19,20). The summed E-state index contributed by atoms with van der Waals surface area (Å²) in [5, 5.41) is 3.29. The number of nitrogens with one attached hydrogen (secondary N) is 1. The number of hydrogen-bond donors (Lipinski definition) is 1. The van der Waals surface area contributed by atoms with Crippen molar-refractivity contribution in [3.8, 4) is 0 Å². The van der Waals surface area contributed by atoms with Gasteiger partial charge in [-0.3, -0.25) is 4.79 Å². The molecule has 0 aromatic heterocycles. The average Bonchev–Trinajstić information content (AvgIpc) is 3.31. The van der Waals surface area contributed by atoms with E-state index in [9.17, 15) is 4.79 Å². The molecule has 114 valence electrons. The van der Waals surface area contributed by atoms with E-state index < -0.39 is 0 Å². The first-order valence-electron chi connectivity index (χ1n) is 7.73. The van der Waals surface area contributed by atoms with Gasteiger partial charge < -0.3 is 5.32 Å². The van der Waals surface area contributed by atoms with Crippen molar-refractivity contribution in [3.63, 3.8) is 0 Å². The van der Waals surface area contributed by atoms with Crippen LogP contribution >= 0.6 is 27.7 Å². The molecule has 2 aliphatic carbocycles. The monoisotopic (exact) mass is 367 g/mol. The number of rotatable bonds is 6. The van der Waals surface area contributed by atoms with Crippen LogP contribution in [0.5, 0.6) is 0 Å². The van der Waals surface area contributed by atoms with Crippen molar-refractivity contribution in [2.75, 3.05) is 5.75 Å². The van der Waals surface area contributed by atoms with Gasteiger partial charge in [0, 0.05) is 15.4 Å². The largest absolute Gasteiger partial charge is 0.352 e. The molecule has 3 rings (SSSR count). The molecule has 2 aliphatic rings. The number of carbonyl (C=O) groups is 1. The number of carbonyl (C=O) groups excluding carboxylic acids is 1. The van der Waals surface area contributed by atoms with Crippen molar-refractivity contribution in [2.24, 2.45) is 11.8 Å². The first-order valence-corrected chi connectivity index (χ1v) is 9.51. The summed E-state index contributed by atoms with van der Waals surface area (Å²) in [6.07, 6.45) is 5.22. The van der Waals surface area contributed by atoms with E-state index in [2.05, 4.69) is 47.2 Å². The molecule has 0 atom stereocenters. The molecule has 0 spiro atoms. The van der Waals surface area contributed by atoms with Gasteiger partial charge in [0.15, 0.2) is 0 Å². The van der Waals surface area contributed by atoms with E-state index in [1.807, 2.05) is 0 Å². The van der Waals surface area contributed by atoms with Crippen molar-refractivity contribution in [1.82, 2.24) is 5.32 Å². The minimum Gasteiger partial charge on any atom is -0.352 e. The number of amides is 1. The van der Waals surface area contributed by atoms with Crippen molar-refractivity contribution < 1.29 is 4.79 Å². The number of halogens is 1. The summed E-state index contributed by atoms with van der Waals surface area (Å²) < 4.78 is 1.14. The molecule has 0 heterocycles. The van der Waals surface area contributed by atoms with Crippen LogP contribution in [-0.2, 0) is 4.79 Å². The molecule has 4 heteroatoms. The molecular weight excluding hydrogens is 346 g/mol.